The van der Waals surface area contributed by atoms with Crippen molar-refractivity contribution in [2.45, 2.75) is 86.0 Å². The van der Waals surface area contributed by atoms with Crippen LogP contribution in [0.25, 0.3) is 83.9 Å². The third kappa shape index (κ3) is 8.42. The quantitative estimate of drug-likeness (QED) is 0.166. The molecule has 0 aliphatic rings. The van der Waals surface area contributed by atoms with Gasteiger partial charge in [0.05, 0.1) is 28.0 Å². The standard InChI is InChI=1S/C61H59N3O/c1-38(2)50-36-52(43-20-15-12-16-21-43)56(37-51(50)42-18-13-11-14-19-42)64-55-23-17-22-49(57(55)63-59(64)53-31-39(3)30-40(4)58(53)65)45-32-46(34-48(33-45)61(8,9)10)54-35-44(28-29-62-54)41-24-26-47(27-25-41)60(5,6)7/h11-38,65H,1-10H3/i38D. The van der Waals surface area contributed by atoms with E-state index in [9.17, 15) is 6.48 Å². The Bertz CT molecular complexity index is 3250. The molecule has 1 N–H and O–H groups in total. The van der Waals surface area contributed by atoms with Crippen LogP contribution in [-0.2, 0) is 10.8 Å². The normalized spacial score (nSPS) is 12.4. The zero-order valence-electron chi connectivity index (χ0n) is 40.4. The number of fused-ring (bicyclic) bond motifs is 1. The Kier molecular flexibility index (Phi) is 10.9. The fourth-order valence-electron chi connectivity index (χ4n) is 9.07. The van der Waals surface area contributed by atoms with E-state index >= 15 is 0 Å². The van der Waals surface area contributed by atoms with Crippen molar-refractivity contribution < 1.29 is 6.48 Å². The molecule has 9 aromatic rings. The molecule has 324 valence electrons. The molecule has 2 heterocycles. The van der Waals surface area contributed by atoms with Crippen molar-refractivity contribution in [2.75, 3.05) is 0 Å². The SMILES string of the molecule is [2H]C(C)(C)c1cc(-c2ccccc2)c(-n2c(-c3cc(C)cc(C)c3O)nc3c(-c4cc(-c5cc(-c6ccc(C(C)(C)C)cc6)ccn5)cc(C(C)(C)C)c4)cccc32)cc1-c1ccccc1. The van der Waals surface area contributed by atoms with Crippen molar-refractivity contribution in [3.63, 3.8) is 0 Å². The van der Waals surface area contributed by atoms with Gasteiger partial charge in [0.25, 0.3) is 0 Å². The number of hydrogen-bond donors (Lipinski definition) is 1. The molecule has 0 bridgehead atoms. The van der Waals surface area contributed by atoms with Crippen molar-refractivity contribution in [3.8, 4) is 78.6 Å². The average Bonchev–Trinajstić information content (AvgIpc) is 3.69. The molecular formula is C61H59N3O. The predicted octanol–water partition coefficient (Wildman–Crippen LogP) is 16.5. The summed E-state index contributed by atoms with van der Waals surface area (Å²) in [7, 11) is 0. The molecule has 9 rings (SSSR count). The molecule has 0 radical (unpaired) electrons. The lowest BCUT2D eigenvalue weighted by molar-refractivity contribution is 0.472. The maximum atomic E-state index is 12.0. The predicted molar refractivity (Wildman–Crippen MR) is 274 cm³/mol. The summed E-state index contributed by atoms with van der Waals surface area (Å²) in [6, 6.07) is 55.7. The lowest BCUT2D eigenvalue weighted by Gasteiger charge is -2.22. The van der Waals surface area contributed by atoms with Gasteiger partial charge < -0.3 is 5.11 Å². The zero-order valence-corrected chi connectivity index (χ0v) is 39.4. The highest BCUT2D eigenvalue weighted by Crippen LogP contribution is 2.45. The molecule has 65 heavy (non-hydrogen) atoms. The number of pyridine rings is 1. The molecule has 0 saturated heterocycles. The van der Waals surface area contributed by atoms with Crippen molar-refractivity contribution in [3.05, 3.63) is 192 Å². The first kappa shape index (κ1) is 41.9. The number of benzene rings is 7. The lowest BCUT2D eigenvalue weighted by atomic mass is 9.83. The van der Waals surface area contributed by atoms with Crippen LogP contribution in [0, 0.1) is 13.8 Å². The smallest absolute Gasteiger partial charge is 0.149 e. The van der Waals surface area contributed by atoms with Crippen molar-refractivity contribution in [2.24, 2.45) is 0 Å². The fraction of sp³-hybridized carbons (Fsp3) is 0.213. The van der Waals surface area contributed by atoms with Crippen molar-refractivity contribution >= 4 is 11.0 Å². The van der Waals surface area contributed by atoms with Crippen LogP contribution < -0.4 is 0 Å². The van der Waals surface area contributed by atoms with Gasteiger partial charge in [-0.1, -0.05) is 165 Å². The van der Waals surface area contributed by atoms with E-state index < -0.39 is 5.89 Å². The number of imidazole rings is 1. The number of aromatic nitrogens is 3. The summed E-state index contributed by atoms with van der Waals surface area (Å²) in [4.78, 5) is 10.6. The maximum Gasteiger partial charge on any atom is 0.149 e. The molecule has 0 amide bonds. The Labute approximate surface area is 386 Å². The molecule has 4 nitrogen and oxygen atoms in total. The van der Waals surface area contributed by atoms with E-state index in [0.29, 0.717) is 11.4 Å². The Morgan fingerprint density at radius 1 is 0.538 bits per heavy atom. The minimum Gasteiger partial charge on any atom is -0.507 e. The minimum absolute atomic E-state index is 0.0733. The number of hydrogen-bond acceptors (Lipinski definition) is 3. The van der Waals surface area contributed by atoms with Gasteiger partial charge in [0, 0.05) is 24.3 Å². The summed E-state index contributed by atoms with van der Waals surface area (Å²) in [6.07, 6.45) is 1.91. The second-order valence-corrected chi connectivity index (χ2v) is 19.9. The van der Waals surface area contributed by atoms with E-state index in [4.69, 9.17) is 9.97 Å². The molecule has 0 unspecified atom stereocenters. The molecule has 2 aromatic heterocycles. The largest absolute Gasteiger partial charge is 0.507 e. The molecule has 0 aliphatic carbocycles. The monoisotopic (exact) mass is 850 g/mol. The molecule has 4 heteroatoms. The molecule has 7 aromatic carbocycles. The van der Waals surface area contributed by atoms with Crippen LogP contribution in [0.3, 0.4) is 0 Å². The highest BCUT2D eigenvalue weighted by atomic mass is 16.3. The van der Waals surface area contributed by atoms with Gasteiger partial charge in [-0.05, 0) is 140 Å². The third-order valence-electron chi connectivity index (χ3n) is 12.7. The maximum absolute atomic E-state index is 12.0. The summed E-state index contributed by atoms with van der Waals surface area (Å²) in [5.41, 5.74) is 18.6. The van der Waals surface area contributed by atoms with Gasteiger partial charge in [0.15, 0.2) is 0 Å². The third-order valence-corrected chi connectivity index (χ3v) is 12.7. The van der Waals surface area contributed by atoms with Gasteiger partial charge in [-0.2, -0.15) is 0 Å². The number of phenols is 1. The van der Waals surface area contributed by atoms with Gasteiger partial charge in [0.1, 0.15) is 11.6 Å². The van der Waals surface area contributed by atoms with E-state index in [-0.39, 0.29) is 16.6 Å². The van der Waals surface area contributed by atoms with Crippen LogP contribution in [0.2, 0.25) is 0 Å². The number of para-hydroxylation sites is 1. The van der Waals surface area contributed by atoms with Crippen molar-refractivity contribution in [1.82, 2.24) is 14.5 Å². The number of nitrogens with zero attached hydrogens (tertiary/aromatic N) is 3. The Balaban J connectivity index is 1.33. The van der Waals surface area contributed by atoms with Crippen LogP contribution in [0.5, 0.6) is 5.75 Å². The minimum atomic E-state index is -0.910. The molecular weight excluding hydrogens is 791 g/mol. The number of aromatic hydroxyl groups is 1. The van der Waals surface area contributed by atoms with Crippen LogP contribution in [0.1, 0.15) is 90.5 Å². The molecule has 0 spiro atoms. The molecule has 0 atom stereocenters. The highest BCUT2D eigenvalue weighted by molar-refractivity contribution is 5.98. The van der Waals surface area contributed by atoms with Gasteiger partial charge in [-0.15, -0.1) is 0 Å². The van der Waals surface area contributed by atoms with Crippen LogP contribution in [-0.4, -0.2) is 19.6 Å². The number of rotatable bonds is 8. The van der Waals surface area contributed by atoms with Gasteiger partial charge in [-0.25, -0.2) is 4.98 Å². The first-order valence-electron chi connectivity index (χ1n) is 23.2. The summed E-state index contributed by atoms with van der Waals surface area (Å²) >= 11 is 0. The van der Waals surface area contributed by atoms with E-state index in [1.165, 1.54) is 11.1 Å². The Morgan fingerprint density at radius 3 is 1.83 bits per heavy atom. The number of phenolic OH excluding ortho intramolecular Hbond substituents is 1. The summed E-state index contributed by atoms with van der Waals surface area (Å²) in [5.74, 6) is -0.0780. The van der Waals surface area contributed by atoms with E-state index in [1.54, 1.807) is 0 Å². The average molecular weight is 851 g/mol. The van der Waals surface area contributed by atoms with Gasteiger partial charge >= 0.3 is 0 Å². The van der Waals surface area contributed by atoms with Crippen LogP contribution in [0.15, 0.2) is 164 Å². The van der Waals surface area contributed by atoms with Crippen LogP contribution >= 0.6 is 0 Å². The lowest BCUT2D eigenvalue weighted by Crippen LogP contribution is -2.11. The molecule has 0 saturated carbocycles. The first-order valence-corrected chi connectivity index (χ1v) is 22.7. The van der Waals surface area contributed by atoms with Crippen LogP contribution in [0.4, 0.5) is 0 Å². The Morgan fingerprint density at radius 2 is 1.18 bits per heavy atom. The summed E-state index contributed by atoms with van der Waals surface area (Å²) < 4.78 is 11.7. The number of aryl methyl sites for hydroxylation is 2. The zero-order chi connectivity index (χ0) is 46.7. The van der Waals surface area contributed by atoms with E-state index in [0.717, 1.165) is 89.2 Å². The van der Waals surface area contributed by atoms with Crippen molar-refractivity contribution in [1.29, 1.82) is 0 Å². The topological polar surface area (TPSA) is 50.9 Å². The second kappa shape index (κ2) is 16.8. The first-order chi connectivity index (χ1) is 31.3. The molecule has 0 fully saturated rings. The second-order valence-electron chi connectivity index (χ2n) is 19.9. The highest BCUT2D eigenvalue weighted by Gasteiger charge is 2.26. The Hall–Kier alpha value is -7.04. The fourth-order valence-corrected chi connectivity index (χ4v) is 9.07. The van der Waals surface area contributed by atoms with E-state index in [1.807, 2.05) is 51.2 Å². The van der Waals surface area contributed by atoms with Gasteiger partial charge in [-0.3, -0.25) is 9.55 Å². The van der Waals surface area contributed by atoms with E-state index in [2.05, 4.69) is 186 Å². The summed E-state index contributed by atoms with van der Waals surface area (Å²) in [5, 5.41) is 12.0. The summed E-state index contributed by atoms with van der Waals surface area (Å²) in [6.45, 7) is 21.4. The van der Waals surface area contributed by atoms with Gasteiger partial charge in [0.2, 0.25) is 0 Å². The molecule has 0 aliphatic heterocycles.